The van der Waals surface area contributed by atoms with E-state index in [0.717, 1.165) is 27.0 Å². The maximum atomic E-state index is 10.9. The minimum atomic E-state index is -0.916. The van der Waals surface area contributed by atoms with Gasteiger partial charge in [0.15, 0.2) is 0 Å². The monoisotopic (exact) mass is 349 g/mol. The minimum absolute atomic E-state index is 0.292. The van der Waals surface area contributed by atoms with Crippen LogP contribution in [-0.4, -0.2) is 18.2 Å². The molecule has 0 fully saturated rings. The zero-order chi connectivity index (χ0) is 15.4. The first-order valence-corrected chi connectivity index (χ1v) is 7.21. The highest BCUT2D eigenvalue weighted by Gasteiger charge is 2.07. The van der Waals surface area contributed by atoms with E-state index in [0.29, 0.717) is 12.1 Å². The zero-order valence-corrected chi connectivity index (χ0v) is 13.4. The summed E-state index contributed by atoms with van der Waals surface area (Å²) >= 11 is 3.51. The molecule has 0 unspecified atom stereocenters. The predicted octanol–water partition coefficient (Wildman–Crippen LogP) is 4.08. The van der Waals surface area contributed by atoms with Gasteiger partial charge in [-0.05, 0) is 54.4 Å². The Morgan fingerprint density at radius 3 is 2.67 bits per heavy atom. The molecular weight excluding hydrogens is 334 g/mol. The number of aromatic carboxylic acids is 1. The smallest absolute Gasteiger partial charge is 0.335 e. The Balaban J connectivity index is 2.15. The number of methoxy groups -OCH3 is 1. The lowest BCUT2D eigenvalue weighted by Crippen LogP contribution is -2.04. The highest BCUT2D eigenvalue weighted by molar-refractivity contribution is 9.10. The van der Waals surface area contributed by atoms with Crippen molar-refractivity contribution in [3.05, 3.63) is 57.6 Å². The Labute approximate surface area is 131 Å². The Morgan fingerprint density at radius 1 is 1.29 bits per heavy atom. The first kappa shape index (κ1) is 15.4. The average Bonchev–Trinajstić information content (AvgIpc) is 2.47. The number of aryl methyl sites for hydroxylation is 1. The fraction of sp³-hybridized carbons (Fsp3) is 0.188. The molecule has 0 radical (unpaired) electrons. The number of halogens is 1. The van der Waals surface area contributed by atoms with E-state index in [1.165, 1.54) is 0 Å². The second kappa shape index (κ2) is 6.63. The van der Waals surface area contributed by atoms with Gasteiger partial charge in [0.1, 0.15) is 5.75 Å². The maximum Gasteiger partial charge on any atom is 0.335 e. The van der Waals surface area contributed by atoms with Crippen molar-refractivity contribution in [3.63, 3.8) is 0 Å². The van der Waals surface area contributed by atoms with Crippen molar-refractivity contribution >= 4 is 27.6 Å². The summed E-state index contributed by atoms with van der Waals surface area (Å²) in [5.41, 5.74) is 3.17. The van der Waals surface area contributed by atoms with Crippen LogP contribution in [0.4, 0.5) is 5.69 Å². The standard InChI is InChI=1S/C16H16BrNO3/c1-10-7-11(16(19)20)3-6-15(10)18-9-12-8-13(21-2)4-5-14(12)17/h3-8,18H,9H2,1-2H3,(H,19,20). The molecule has 0 amide bonds. The molecule has 2 rings (SSSR count). The van der Waals surface area contributed by atoms with Gasteiger partial charge in [0.05, 0.1) is 12.7 Å². The van der Waals surface area contributed by atoms with Crippen LogP contribution in [0.5, 0.6) is 5.75 Å². The normalized spacial score (nSPS) is 10.2. The molecule has 0 saturated heterocycles. The summed E-state index contributed by atoms with van der Waals surface area (Å²) in [7, 11) is 1.63. The number of hydrogen-bond acceptors (Lipinski definition) is 3. The molecule has 2 aromatic rings. The third-order valence-corrected chi connectivity index (χ3v) is 3.97. The molecule has 2 N–H and O–H groups in total. The first-order valence-electron chi connectivity index (χ1n) is 6.41. The molecule has 0 aromatic heterocycles. The summed E-state index contributed by atoms with van der Waals surface area (Å²) in [5, 5.41) is 12.3. The van der Waals surface area contributed by atoms with Gasteiger partial charge in [0, 0.05) is 16.7 Å². The van der Waals surface area contributed by atoms with Crippen LogP contribution in [0, 0.1) is 6.92 Å². The highest BCUT2D eigenvalue weighted by atomic mass is 79.9. The van der Waals surface area contributed by atoms with Crippen LogP contribution in [-0.2, 0) is 6.54 Å². The predicted molar refractivity (Wildman–Crippen MR) is 86.2 cm³/mol. The number of rotatable bonds is 5. The van der Waals surface area contributed by atoms with Crippen LogP contribution < -0.4 is 10.1 Å². The Kier molecular flexibility index (Phi) is 4.85. The van der Waals surface area contributed by atoms with Gasteiger partial charge in [-0.25, -0.2) is 4.79 Å². The van der Waals surface area contributed by atoms with E-state index in [1.807, 2.05) is 25.1 Å². The van der Waals surface area contributed by atoms with E-state index < -0.39 is 5.97 Å². The molecule has 0 atom stereocenters. The van der Waals surface area contributed by atoms with Crippen LogP contribution in [0.15, 0.2) is 40.9 Å². The number of anilines is 1. The van der Waals surface area contributed by atoms with Crippen molar-refractivity contribution in [2.75, 3.05) is 12.4 Å². The van der Waals surface area contributed by atoms with Gasteiger partial charge in [0.2, 0.25) is 0 Å². The molecule has 110 valence electrons. The third-order valence-electron chi connectivity index (χ3n) is 3.20. The molecule has 2 aromatic carbocycles. The molecule has 0 bridgehead atoms. The molecule has 0 aliphatic heterocycles. The summed E-state index contributed by atoms with van der Waals surface area (Å²) in [6, 6.07) is 10.8. The lowest BCUT2D eigenvalue weighted by molar-refractivity contribution is 0.0697. The van der Waals surface area contributed by atoms with E-state index in [-0.39, 0.29) is 0 Å². The lowest BCUT2D eigenvalue weighted by Gasteiger charge is -2.12. The number of carboxylic acids is 1. The molecular formula is C16H16BrNO3. The van der Waals surface area contributed by atoms with Gasteiger partial charge >= 0.3 is 5.97 Å². The number of benzene rings is 2. The molecule has 0 saturated carbocycles. The number of hydrogen-bond donors (Lipinski definition) is 2. The van der Waals surface area contributed by atoms with Crippen molar-refractivity contribution in [2.45, 2.75) is 13.5 Å². The summed E-state index contributed by atoms with van der Waals surface area (Å²) in [4.78, 5) is 10.9. The molecule has 0 spiro atoms. The van der Waals surface area contributed by atoms with E-state index >= 15 is 0 Å². The molecule has 0 aliphatic carbocycles. The molecule has 0 heterocycles. The van der Waals surface area contributed by atoms with Gasteiger partial charge in [0.25, 0.3) is 0 Å². The first-order chi connectivity index (χ1) is 10.0. The van der Waals surface area contributed by atoms with E-state index in [4.69, 9.17) is 9.84 Å². The van der Waals surface area contributed by atoms with Crippen LogP contribution >= 0.6 is 15.9 Å². The Bertz CT molecular complexity index is 671. The van der Waals surface area contributed by atoms with Gasteiger partial charge in [-0.1, -0.05) is 15.9 Å². The van der Waals surface area contributed by atoms with Crippen LogP contribution in [0.1, 0.15) is 21.5 Å². The third kappa shape index (κ3) is 3.76. The molecule has 21 heavy (non-hydrogen) atoms. The molecule has 0 aliphatic rings. The van der Waals surface area contributed by atoms with Crippen LogP contribution in [0.2, 0.25) is 0 Å². The maximum absolute atomic E-state index is 10.9. The summed E-state index contributed by atoms with van der Waals surface area (Å²) < 4.78 is 6.21. The summed E-state index contributed by atoms with van der Waals surface area (Å²) in [5.74, 6) is -0.117. The Hall–Kier alpha value is -2.01. The zero-order valence-electron chi connectivity index (χ0n) is 11.8. The minimum Gasteiger partial charge on any atom is -0.497 e. The van der Waals surface area contributed by atoms with Crippen molar-refractivity contribution in [2.24, 2.45) is 0 Å². The van der Waals surface area contributed by atoms with Gasteiger partial charge in [-0.15, -0.1) is 0 Å². The fourth-order valence-corrected chi connectivity index (χ4v) is 2.39. The summed E-state index contributed by atoms with van der Waals surface area (Å²) in [6.07, 6.45) is 0. The largest absolute Gasteiger partial charge is 0.497 e. The van der Waals surface area contributed by atoms with Crippen molar-refractivity contribution < 1.29 is 14.6 Å². The van der Waals surface area contributed by atoms with E-state index in [9.17, 15) is 4.79 Å². The quantitative estimate of drug-likeness (QED) is 0.853. The van der Waals surface area contributed by atoms with Crippen LogP contribution in [0.25, 0.3) is 0 Å². The number of carbonyl (C=O) groups is 1. The van der Waals surface area contributed by atoms with Gasteiger partial charge < -0.3 is 15.2 Å². The van der Waals surface area contributed by atoms with Crippen molar-refractivity contribution in [3.8, 4) is 5.75 Å². The number of carboxylic acid groups (broad SMARTS) is 1. The van der Waals surface area contributed by atoms with E-state index in [2.05, 4.69) is 21.2 Å². The lowest BCUT2D eigenvalue weighted by atomic mass is 10.1. The number of nitrogens with one attached hydrogen (secondary N) is 1. The SMILES string of the molecule is COc1ccc(Br)c(CNc2ccc(C(=O)O)cc2C)c1. The van der Waals surface area contributed by atoms with E-state index in [1.54, 1.807) is 25.3 Å². The molecule has 4 nitrogen and oxygen atoms in total. The fourth-order valence-electron chi connectivity index (χ4n) is 2.00. The topological polar surface area (TPSA) is 58.6 Å². The number of ether oxygens (including phenoxy) is 1. The second-order valence-electron chi connectivity index (χ2n) is 4.65. The second-order valence-corrected chi connectivity index (χ2v) is 5.50. The summed E-state index contributed by atoms with van der Waals surface area (Å²) in [6.45, 7) is 2.50. The van der Waals surface area contributed by atoms with Gasteiger partial charge in [-0.3, -0.25) is 0 Å². The highest BCUT2D eigenvalue weighted by Crippen LogP contribution is 2.24. The van der Waals surface area contributed by atoms with Gasteiger partial charge in [-0.2, -0.15) is 0 Å². The molecule has 5 heteroatoms. The Morgan fingerprint density at radius 2 is 2.05 bits per heavy atom. The van der Waals surface area contributed by atoms with Crippen molar-refractivity contribution in [1.29, 1.82) is 0 Å². The average molecular weight is 350 g/mol. The van der Waals surface area contributed by atoms with Crippen molar-refractivity contribution in [1.82, 2.24) is 0 Å². The van der Waals surface area contributed by atoms with Crippen LogP contribution in [0.3, 0.4) is 0 Å².